The van der Waals surface area contributed by atoms with Gasteiger partial charge in [-0.3, -0.25) is 9.79 Å². The van der Waals surface area contributed by atoms with Gasteiger partial charge in [0.2, 0.25) is 5.91 Å². The Kier molecular flexibility index (Phi) is 6.74. The van der Waals surface area contributed by atoms with E-state index in [-0.39, 0.29) is 5.91 Å². The first kappa shape index (κ1) is 19.3. The van der Waals surface area contributed by atoms with Gasteiger partial charge in [-0.25, -0.2) is 0 Å². The third-order valence-corrected chi connectivity index (χ3v) is 5.23. The van der Waals surface area contributed by atoms with Crippen LogP contribution < -0.4 is 10.6 Å². The molecule has 1 aromatic heterocycles. The maximum Gasteiger partial charge on any atom is 0.220 e. The second kappa shape index (κ2) is 9.44. The van der Waals surface area contributed by atoms with Gasteiger partial charge in [0.1, 0.15) is 0 Å². The van der Waals surface area contributed by atoms with Crippen molar-refractivity contribution in [3.05, 3.63) is 36.0 Å². The molecule has 6 nitrogen and oxygen atoms in total. The standard InChI is InChI=1S/C21H31N5O/c1-3-23-21(26-12-9-16(10-13-26)14-20(27)22-2)24-11-8-18-15-17-6-4-5-7-19(17)25-18/h4-7,15-16,25H,3,8-14H2,1-2H3,(H,22,27)(H,23,24). The Balaban J connectivity index is 1.54. The maximum absolute atomic E-state index is 11.6. The van der Waals surface area contributed by atoms with Gasteiger partial charge in [0.25, 0.3) is 0 Å². The first-order valence-corrected chi connectivity index (χ1v) is 10.00. The minimum atomic E-state index is 0.146. The number of benzene rings is 1. The fraction of sp³-hybridized carbons (Fsp3) is 0.524. The number of nitrogens with zero attached hydrogens (tertiary/aromatic N) is 2. The highest BCUT2D eigenvalue weighted by Gasteiger charge is 2.22. The predicted molar refractivity (Wildman–Crippen MR) is 111 cm³/mol. The van der Waals surface area contributed by atoms with Crippen molar-refractivity contribution in [2.75, 3.05) is 33.2 Å². The molecule has 0 aliphatic carbocycles. The molecule has 2 aromatic rings. The maximum atomic E-state index is 11.6. The third kappa shape index (κ3) is 5.25. The molecule has 0 radical (unpaired) electrons. The van der Waals surface area contributed by atoms with E-state index in [2.05, 4.69) is 57.8 Å². The van der Waals surface area contributed by atoms with Crippen molar-refractivity contribution in [2.45, 2.75) is 32.6 Å². The topological polar surface area (TPSA) is 72.5 Å². The minimum Gasteiger partial charge on any atom is -0.359 e. The summed E-state index contributed by atoms with van der Waals surface area (Å²) in [6.45, 7) is 5.64. The van der Waals surface area contributed by atoms with Gasteiger partial charge in [0.05, 0.1) is 0 Å². The van der Waals surface area contributed by atoms with Gasteiger partial charge in [-0.05, 0) is 43.2 Å². The molecule has 0 bridgehead atoms. The van der Waals surface area contributed by atoms with Crippen molar-refractivity contribution in [1.29, 1.82) is 0 Å². The Hall–Kier alpha value is -2.50. The van der Waals surface area contributed by atoms with Crippen molar-refractivity contribution in [3.63, 3.8) is 0 Å². The average Bonchev–Trinajstić information content (AvgIpc) is 3.10. The van der Waals surface area contributed by atoms with Crippen LogP contribution in [0, 0.1) is 5.92 Å². The van der Waals surface area contributed by atoms with Crippen LogP contribution in [-0.4, -0.2) is 55.0 Å². The second-order valence-electron chi connectivity index (χ2n) is 7.18. The summed E-state index contributed by atoms with van der Waals surface area (Å²) in [5.41, 5.74) is 2.40. The summed E-state index contributed by atoms with van der Waals surface area (Å²) in [7, 11) is 1.71. The molecular weight excluding hydrogens is 338 g/mol. The second-order valence-corrected chi connectivity index (χ2v) is 7.18. The monoisotopic (exact) mass is 369 g/mol. The zero-order chi connectivity index (χ0) is 19.1. The predicted octanol–water partition coefficient (Wildman–Crippen LogP) is 2.52. The Bertz CT molecular complexity index is 741. The van der Waals surface area contributed by atoms with Gasteiger partial charge in [-0.1, -0.05) is 18.2 Å². The largest absolute Gasteiger partial charge is 0.359 e. The lowest BCUT2D eigenvalue weighted by Crippen LogP contribution is -2.46. The summed E-state index contributed by atoms with van der Waals surface area (Å²) in [5.74, 6) is 1.62. The summed E-state index contributed by atoms with van der Waals surface area (Å²) in [6.07, 6.45) is 3.62. The molecular formula is C21H31N5O. The van der Waals surface area contributed by atoms with Crippen LogP contribution in [0.15, 0.2) is 35.3 Å². The van der Waals surface area contributed by atoms with Crippen molar-refractivity contribution in [3.8, 4) is 0 Å². The van der Waals surface area contributed by atoms with Crippen molar-refractivity contribution in [1.82, 2.24) is 20.5 Å². The van der Waals surface area contributed by atoms with Gasteiger partial charge in [0.15, 0.2) is 5.96 Å². The van der Waals surface area contributed by atoms with E-state index < -0.39 is 0 Å². The molecule has 27 heavy (non-hydrogen) atoms. The number of H-pyrrole nitrogens is 1. The number of para-hydroxylation sites is 1. The lowest BCUT2D eigenvalue weighted by Gasteiger charge is -2.34. The summed E-state index contributed by atoms with van der Waals surface area (Å²) >= 11 is 0. The molecule has 1 aliphatic heterocycles. The lowest BCUT2D eigenvalue weighted by atomic mass is 9.93. The molecule has 1 amide bonds. The molecule has 1 aliphatic rings. The number of carbonyl (C=O) groups excluding carboxylic acids is 1. The van der Waals surface area contributed by atoms with E-state index in [0.717, 1.165) is 51.4 Å². The van der Waals surface area contributed by atoms with E-state index in [1.165, 1.54) is 16.6 Å². The molecule has 1 saturated heterocycles. The van der Waals surface area contributed by atoms with Crippen LogP contribution in [0.4, 0.5) is 0 Å². The number of rotatable bonds is 6. The van der Waals surface area contributed by atoms with E-state index in [4.69, 9.17) is 4.99 Å². The first-order chi connectivity index (χ1) is 13.2. The molecule has 0 unspecified atom stereocenters. The van der Waals surface area contributed by atoms with Crippen LogP contribution in [0.25, 0.3) is 10.9 Å². The molecule has 1 aromatic carbocycles. The summed E-state index contributed by atoms with van der Waals surface area (Å²) < 4.78 is 0. The number of hydrogen-bond acceptors (Lipinski definition) is 2. The fourth-order valence-corrected chi connectivity index (χ4v) is 3.69. The van der Waals surface area contributed by atoms with E-state index in [0.29, 0.717) is 12.3 Å². The van der Waals surface area contributed by atoms with Crippen LogP contribution in [0.2, 0.25) is 0 Å². The van der Waals surface area contributed by atoms with Crippen LogP contribution in [-0.2, 0) is 11.2 Å². The van der Waals surface area contributed by atoms with Crippen LogP contribution in [0.1, 0.15) is 31.9 Å². The molecule has 2 heterocycles. The summed E-state index contributed by atoms with van der Waals surface area (Å²) in [5, 5.41) is 7.40. The summed E-state index contributed by atoms with van der Waals surface area (Å²) in [4.78, 5) is 22.2. The van der Waals surface area contributed by atoms with Crippen LogP contribution in [0.5, 0.6) is 0 Å². The molecule has 0 atom stereocenters. The molecule has 146 valence electrons. The number of aromatic nitrogens is 1. The zero-order valence-corrected chi connectivity index (χ0v) is 16.4. The number of amides is 1. The number of aromatic amines is 1. The minimum absolute atomic E-state index is 0.146. The molecule has 6 heteroatoms. The van der Waals surface area contributed by atoms with Gasteiger partial charge in [0, 0.05) is 57.3 Å². The molecule has 3 rings (SSSR count). The molecule has 1 fully saturated rings. The van der Waals surface area contributed by atoms with Gasteiger partial charge in [-0.2, -0.15) is 0 Å². The first-order valence-electron chi connectivity index (χ1n) is 10.00. The van der Waals surface area contributed by atoms with Crippen LogP contribution >= 0.6 is 0 Å². The summed E-state index contributed by atoms with van der Waals surface area (Å²) in [6, 6.07) is 10.6. The Morgan fingerprint density at radius 1 is 1.30 bits per heavy atom. The highest BCUT2D eigenvalue weighted by atomic mass is 16.1. The van der Waals surface area contributed by atoms with E-state index in [9.17, 15) is 4.79 Å². The van der Waals surface area contributed by atoms with Crippen molar-refractivity contribution in [2.24, 2.45) is 10.9 Å². The van der Waals surface area contributed by atoms with E-state index >= 15 is 0 Å². The highest BCUT2D eigenvalue weighted by Crippen LogP contribution is 2.20. The number of guanidine groups is 1. The number of aliphatic imine (C=N–C) groups is 1. The van der Waals surface area contributed by atoms with E-state index in [1.54, 1.807) is 7.05 Å². The number of likely N-dealkylation sites (tertiary alicyclic amines) is 1. The number of piperidine rings is 1. The normalized spacial score (nSPS) is 15.9. The Morgan fingerprint density at radius 3 is 2.78 bits per heavy atom. The molecule has 0 spiro atoms. The zero-order valence-electron chi connectivity index (χ0n) is 16.4. The van der Waals surface area contributed by atoms with Crippen molar-refractivity contribution >= 4 is 22.8 Å². The van der Waals surface area contributed by atoms with Gasteiger partial charge < -0.3 is 20.5 Å². The molecule has 3 N–H and O–H groups in total. The third-order valence-electron chi connectivity index (χ3n) is 5.23. The average molecular weight is 370 g/mol. The Morgan fingerprint density at radius 2 is 2.07 bits per heavy atom. The quantitative estimate of drug-likeness (QED) is 0.541. The Labute approximate surface area is 161 Å². The number of nitrogens with one attached hydrogen (secondary N) is 3. The van der Waals surface area contributed by atoms with Crippen LogP contribution in [0.3, 0.4) is 0 Å². The fourth-order valence-electron chi connectivity index (χ4n) is 3.69. The number of hydrogen-bond donors (Lipinski definition) is 3. The SMILES string of the molecule is CCNC(=NCCc1cc2ccccc2[nH]1)N1CCC(CC(=O)NC)CC1. The molecule has 0 saturated carbocycles. The number of carbonyl (C=O) groups is 1. The highest BCUT2D eigenvalue weighted by molar-refractivity contribution is 5.81. The van der Waals surface area contributed by atoms with Gasteiger partial charge >= 0.3 is 0 Å². The smallest absolute Gasteiger partial charge is 0.220 e. The van der Waals surface area contributed by atoms with E-state index in [1.807, 2.05) is 0 Å². The van der Waals surface area contributed by atoms with Gasteiger partial charge in [-0.15, -0.1) is 0 Å². The van der Waals surface area contributed by atoms with Crippen molar-refractivity contribution < 1.29 is 4.79 Å². The number of fused-ring (bicyclic) bond motifs is 1. The lowest BCUT2D eigenvalue weighted by molar-refractivity contribution is -0.121.